The fourth-order valence-electron chi connectivity index (χ4n) is 4.96. The van der Waals surface area contributed by atoms with Gasteiger partial charge in [-0.15, -0.1) is 11.8 Å². The monoisotopic (exact) mass is 610 g/mol. The molecule has 10 nitrogen and oxygen atoms in total. The lowest BCUT2D eigenvalue weighted by Crippen LogP contribution is -2.57. The summed E-state index contributed by atoms with van der Waals surface area (Å²) in [6.07, 6.45) is 0.545. The Morgan fingerprint density at radius 2 is 1.91 bits per heavy atom. The summed E-state index contributed by atoms with van der Waals surface area (Å²) in [4.78, 5) is 38.7. The van der Waals surface area contributed by atoms with E-state index in [-0.39, 0.29) is 31.3 Å². The van der Waals surface area contributed by atoms with Gasteiger partial charge in [0, 0.05) is 26.1 Å². The number of oxazole rings is 1. The maximum atomic E-state index is 15.3. The van der Waals surface area contributed by atoms with Crippen LogP contribution in [0, 0.1) is 23.1 Å². The average Bonchev–Trinajstić information content (AvgIpc) is 3.49. The molecule has 0 saturated carbocycles. The number of carbonyl (C=O) groups is 2. The Bertz CT molecular complexity index is 1630. The first-order valence-electron chi connectivity index (χ1n) is 14.3. The molecule has 5 rings (SSSR count). The molecule has 1 unspecified atom stereocenters. The molecule has 0 spiro atoms. The van der Waals surface area contributed by atoms with E-state index in [9.17, 15) is 19.6 Å². The van der Waals surface area contributed by atoms with Crippen molar-refractivity contribution in [2.75, 3.05) is 26.3 Å². The smallest absolute Gasteiger partial charge is 0.420 e. The topological polar surface area (TPSA) is 127 Å². The largest absolute Gasteiger partial charge is 0.444 e. The molecule has 2 amide bonds. The molecule has 1 N–H and O–H groups in total. The molecule has 2 aliphatic rings. The third kappa shape index (κ3) is 6.73. The number of nitrogens with zero attached hydrogens (tertiary/aromatic N) is 3. The van der Waals surface area contributed by atoms with Crippen LogP contribution in [0.15, 0.2) is 45.6 Å². The van der Waals surface area contributed by atoms with Gasteiger partial charge < -0.3 is 24.1 Å². The number of likely N-dealkylation sites (tertiary alicyclic amines) is 1. The summed E-state index contributed by atoms with van der Waals surface area (Å²) in [5.41, 5.74) is 2.12. The van der Waals surface area contributed by atoms with Crippen LogP contribution in [0.25, 0.3) is 22.2 Å². The van der Waals surface area contributed by atoms with Crippen molar-refractivity contribution < 1.29 is 27.9 Å². The van der Waals surface area contributed by atoms with Crippen molar-refractivity contribution >= 4 is 34.9 Å². The van der Waals surface area contributed by atoms with E-state index in [1.54, 1.807) is 51.1 Å². The number of thioether (sulfide) groups is 1. The lowest BCUT2D eigenvalue weighted by molar-refractivity contribution is -0.129. The number of nitrogens with one attached hydrogen (secondary N) is 1. The van der Waals surface area contributed by atoms with Crippen LogP contribution in [0.1, 0.15) is 39.7 Å². The molecule has 0 aliphatic carbocycles. The van der Waals surface area contributed by atoms with Crippen molar-refractivity contribution in [3.63, 3.8) is 0 Å². The molecule has 2 atom stereocenters. The van der Waals surface area contributed by atoms with Crippen molar-refractivity contribution in [3.8, 4) is 17.2 Å². The van der Waals surface area contributed by atoms with E-state index >= 15 is 4.39 Å². The van der Waals surface area contributed by atoms with E-state index in [1.165, 1.54) is 27.3 Å². The van der Waals surface area contributed by atoms with Gasteiger partial charge in [0.1, 0.15) is 21.5 Å². The highest BCUT2D eigenvalue weighted by Gasteiger charge is 2.58. The van der Waals surface area contributed by atoms with Crippen LogP contribution in [0.4, 0.5) is 9.18 Å². The molecule has 2 fully saturated rings. The van der Waals surface area contributed by atoms with Gasteiger partial charge in [-0.05, 0) is 62.1 Å². The second-order valence-corrected chi connectivity index (χ2v) is 13.3. The van der Waals surface area contributed by atoms with Crippen molar-refractivity contribution in [2.45, 2.75) is 62.8 Å². The summed E-state index contributed by atoms with van der Waals surface area (Å²) in [6.45, 7) is 9.18. The van der Waals surface area contributed by atoms with Gasteiger partial charge in [-0.1, -0.05) is 25.1 Å². The Morgan fingerprint density at radius 1 is 1.19 bits per heavy atom. The molecule has 0 bridgehead atoms. The summed E-state index contributed by atoms with van der Waals surface area (Å²) in [7, 11) is 0. The lowest BCUT2D eigenvalue weighted by atomic mass is 9.96. The maximum Gasteiger partial charge on any atom is 0.420 e. The van der Waals surface area contributed by atoms with E-state index in [2.05, 4.69) is 11.4 Å². The standard InChI is InChI=1S/C31H35FN4O6S/c1-5-11-40-12-10-36-24-14-20(8-9-25(24)41-29(36)39)19-6-7-21(23(32)13-19)15-31(18-33)27(43-31)34-26(37)22-16-35(17-22)28(38)42-30(2,3)4/h6-9,13-14,22,27H,5,10-12,15-17H2,1-4H3,(H,34,37)/t27?,31-/m0/s1. The minimum absolute atomic E-state index is 0.123. The van der Waals surface area contributed by atoms with E-state index in [4.69, 9.17) is 13.9 Å². The van der Waals surface area contributed by atoms with Crippen LogP contribution in [-0.4, -0.2) is 63.5 Å². The zero-order valence-electron chi connectivity index (χ0n) is 24.6. The van der Waals surface area contributed by atoms with Gasteiger partial charge in [0.15, 0.2) is 5.58 Å². The minimum Gasteiger partial charge on any atom is -0.444 e. The number of amides is 2. The van der Waals surface area contributed by atoms with E-state index in [0.717, 1.165) is 6.42 Å². The molecule has 43 heavy (non-hydrogen) atoms. The predicted molar refractivity (Wildman–Crippen MR) is 160 cm³/mol. The fourth-order valence-corrected chi connectivity index (χ4v) is 5.97. The number of hydrogen-bond donors (Lipinski definition) is 1. The SMILES string of the molecule is CCCOCCn1c(=O)oc2ccc(-c3ccc(C[C@@]4(C#N)SC4NC(=O)C4CN(C(=O)OC(C)(C)C)C4)c(F)c3)cc21. The van der Waals surface area contributed by atoms with Crippen LogP contribution >= 0.6 is 11.8 Å². The second kappa shape index (κ2) is 12.1. The zero-order valence-corrected chi connectivity index (χ0v) is 25.5. The number of ether oxygens (including phenoxy) is 2. The number of halogens is 1. The number of rotatable bonds is 10. The van der Waals surface area contributed by atoms with Crippen molar-refractivity contribution in [1.82, 2.24) is 14.8 Å². The van der Waals surface area contributed by atoms with Gasteiger partial charge >= 0.3 is 11.8 Å². The van der Waals surface area contributed by atoms with Crippen molar-refractivity contribution in [1.29, 1.82) is 5.26 Å². The van der Waals surface area contributed by atoms with E-state index in [1.807, 2.05) is 6.92 Å². The van der Waals surface area contributed by atoms with Crippen LogP contribution in [0.5, 0.6) is 0 Å². The molecule has 3 aromatic rings. The first-order valence-corrected chi connectivity index (χ1v) is 15.2. The highest BCUT2D eigenvalue weighted by Crippen LogP contribution is 2.54. The van der Waals surface area contributed by atoms with Crippen LogP contribution < -0.4 is 11.1 Å². The number of hydrogen-bond acceptors (Lipinski definition) is 8. The highest BCUT2D eigenvalue weighted by atomic mass is 32.2. The Hall–Kier alpha value is -3.82. The normalized spacial score (nSPS) is 20.0. The Labute approximate surface area is 253 Å². The Kier molecular flexibility index (Phi) is 8.58. The molecule has 3 heterocycles. The minimum atomic E-state index is -0.974. The predicted octanol–water partition coefficient (Wildman–Crippen LogP) is 4.69. The molecular formula is C31H35FN4O6S. The molecule has 2 aromatic carbocycles. The van der Waals surface area contributed by atoms with Crippen LogP contribution in [0.2, 0.25) is 0 Å². The van der Waals surface area contributed by atoms with Crippen LogP contribution in [-0.2, 0) is 27.2 Å². The molecule has 2 saturated heterocycles. The summed E-state index contributed by atoms with van der Waals surface area (Å²) in [5.74, 6) is -1.56. The second-order valence-electron chi connectivity index (χ2n) is 11.9. The third-order valence-electron chi connectivity index (χ3n) is 7.38. The number of aromatic nitrogens is 1. The van der Waals surface area contributed by atoms with Crippen LogP contribution in [0.3, 0.4) is 0 Å². The number of carbonyl (C=O) groups excluding carboxylic acids is 2. The molecule has 2 aliphatic heterocycles. The molecule has 12 heteroatoms. The molecule has 1 aromatic heterocycles. The molecule has 228 valence electrons. The average molecular weight is 611 g/mol. The summed E-state index contributed by atoms with van der Waals surface area (Å²) >= 11 is 1.28. The van der Waals surface area contributed by atoms with E-state index < -0.39 is 33.4 Å². The van der Waals surface area contributed by atoms with Gasteiger partial charge in [0.05, 0.1) is 30.7 Å². The lowest BCUT2D eigenvalue weighted by Gasteiger charge is -2.38. The number of nitriles is 1. The summed E-state index contributed by atoms with van der Waals surface area (Å²) in [5, 5.41) is 12.3. The first-order chi connectivity index (χ1) is 20.4. The quantitative estimate of drug-likeness (QED) is 0.259. The Balaban J connectivity index is 1.21. The summed E-state index contributed by atoms with van der Waals surface area (Å²) < 4.78 is 32.1. The molecular weight excluding hydrogens is 575 g/mol. The van der Waals surface area contributed by atoms with Gasteiger partial charge in [0.25, 0.3) is 0 Å². The van der Waals surface area contributed by atoms with Crippen molar-refractivity contribution in [2.24, 2.45) is 5.92 Å². The Morgan fingerprint density at radius 3 is 2.58 bits per heavy atom. The third-order valence-corrected chi connectivity index (χ3v) is 8.77. The van der Waals surface area contributed by atoms with Crippen molar-refractivity contribution in [3.05, 3.63) is 58.3 Å². The highest BCUT2D eigenvalue weighted by molar-refractivity contribution is 8.09. The van der Waals surface area contributed by atoms with Gasteiger partial charge in [-0.3, -0.25) is 9.36 Å². The fraction of sp³-hybridized carbons (Fsp3) is 0.484. The van der Waals surface area contributed by atoms with E-state index in [0.29, 0.717) is 47.5 Å². The number of benzene rings is 2. The summed E-state index contributed by atoms with van der Waals surface area (Å²) in [6, 6.07) is 12.3. The maximum absolute atomic E-state index is 15.3. The van der Waals surface area contributed by atoms with Gasteiger partial charge in [-0.25, -0.2) is 14.0 Å². The molecule has 0 radical (unpaired) electrons. The number of fused-ring (bicyclic) bond motifs is 1. The zero-order chi connectivity index (χ0) is 30.9. The van der Waals surface area contributed by atoms with Gasteiger partial charge in [-0.2, -0.15) is 5.26 Å². The first kappa shape index (κ1) is 30.6. The van der Waals surface area contributed by atoms with Gasteiger partial charge in [0.2, 0.25) is 5.91 Å².